The van der Waals surface area contributed by atoms with E-state index in [0.29, 0.717) is 5.82 Å². The molecule has 0 aliphatic rings. The number of nitrogens with zero attached hydrogens (tertiary/aromatic N) is 5. The van der Waals surface area contributed by atoms with Gasteiger partial charge in [-0.05, 0) is 48.2 Å². The maximum Gasteiger partial charge on any atom is 0.164 e. The second-order valence-electron chi connectivity index (χ2n) is 6.83. The molecule has 0 aliphatic carbocycles. The van der Waals surface area contributed by atoms with E-state index in [0.717, 1.165) is 27.9 Å². The lowest BCUT2D eigenvalue weighted by Crippen LogP contribution is -2.09. The van der Waals surface area contributed by atoms with Gasteiger partial charge in [0.25, 0.3) is 0 Å². The minimum absolute atomic E-state index is 0.0721. The predicted octanol–water partition coefficient (Wildman–Crippen LogP) is 4.08. The summed E-state index contributed by atoms with van der Waals surface area (Å²) in [4.78, 5) is 16.8. The lowest BCUT2D eigenvalue weighted by Gasteiger charge is -2.16. The largest absolute Gasteiger partial charge is 0.363 e. The molecule has 2 N–H and O–H groups in total. The number of fused-ring (bicyclic) bond motifs is 2. The number of H-pyrrole nitrogens is 1. The van der Waals surface area contributed by atoms with Crippen LogP contribution in [0.3, 0.4) is 0 Å². The van der Waals surface area contributed by atoms with Crippen molar-refractivity contribution in [1.29, 1.82) is 0 Å². The van der Waals surface area contributed by atoms with Crippen LogP contribution in [-0.2, 0) is 7.05 Å². The second-order valence-corrected chi connectivity index (χ2v) is 6.83. The van der Waals surface area contributed by atoms with Crippen molar-refractivity contribution in [3.8, 4) is 11.4 Å². The van der Waals surface area contributed by atoms with E-state index < -0.39 is 0 Å². The minimum Gasteiger partial charge on any atom is -0.363 e. The highest BCUT2D eigenvalue weighted by Gasteiger charge is 2.15. The molecule has 7 heteroatoms. The average Bonchev–Trinajstić information content (AvgIpc) is 3.35. The van der Waals surface area contributed by atoms with E-state index in [1.807, 2.05) is 25.4 Å². The van der Waals surface area contributed by atoms with Crippen LogP contribution in [0.1, 0.15) is 18.5 Å². The molecule has 1 aromatic carbocycles. The van der Waals surface area contributed by atoms with Crippen molar-refractivity contribution in [2.45, 2.75) is 13.0 Å². The molecule has 4 heterocycles. The number of aromatic nitrogens is 6. The Bertz CT molecular complexity index is 1270. The van der Waals surface area contributed by atoms with Gasteiger partial charge in [0.15, 0.2) is 11.5 Å². The zero-order valence-corrected chi connectivity index (χ0v) is 15.6. The first-order valence-corrected chi connectivity index (χ1v) is 9.13. The summed E-state index contributed by atoms with van der Waals surface area (Å²) < 4.78 is 1.77. The summed E-state index contributed by atoms with van der Waals surface area (Å²) in [6.07, 6.45) is 7.25. The van der Waals surface area contributed by atoms with E-state index in [1.165, 1.54) is 10.9 Å². The van der Waals surface area contributed by atoms with Crippen LogP contribution in [0.2, 0.25) is 0 Å². The van der Waals surface area contributed by atoms with Crippen LogP contribution >= 0.6 is 0 Å². The van der Waals surface area contributed by atoms with Crippen molar-refractivity contribution in [3.63, 3.8) is 0 Å². The van der Waals surface area contributed by atoms with E-state index in [4.69, 9.17) is 9.97 Å². The molecule has 0 fully saturated rings. The Labute approximate surface area is 161 Å². The van der Waals surface area contributed by atoms with Gasteiger partial charge in [-0.3, -0.25) is 9.67 Å². The third-order valence-corrected chi connectivity index (χ3v) is 4.96. The Morgan fingerprint density at radius 3 is 2.79 bits per heavy atom. The highest BCUT2D eigenvalue weighted by molar-refractivity contribution is 5.88. The molecule has 138 valence electrons. The van der Waals surface area contributed by atoms with Gasteiger partial charge in [-0.2, -0.15) is 5.10 Å². The molecule has 4 aromatic heterocycles. The fraction of sp³-hybridized carbons (Fsp3) is 0.143. The first-order chi connectivity index (χ1) is 13.7. The molecule has 0 aliphatic heterocycles. The summed E-state index contributed by atoms with van der Waals surface area (Å²) >= 11 is 0. The van der Waals surface area contributed by atoms with Gasteiger partial charge in [-0.15, -0.1) is 0 Å². The molecule has 0 radical (unpaired) electrons. The summed E-state index contributed by atoms with van der Waals surface area (Å²) in [7, 11) is 1.89. The van der Waals surface area contributed by atoms with Gasteiger partial charge >= 0.3 is 0 Å². The molecule has 0 amide bonds. The Kier molecular flexibility index (Phi) is 3.79. The van der Waals surface area contributed by atoms with Crippen LogP contribution in [0, 0.1) is 0 Å². The van der Waals surface area contributed by atoms with Crippen LogP contribution in [0.25, 0.3) is 33.3 Å². The molecule has 5 rings (SSSR count). The van der Waals surface area contributed by atoms with Crippen LogP contribution in [0.4, 0.5) is 5.82 Å². The number of anilines is 1. The fourth-order valence-corrected chi connectivity index (χ4v) is 3.39. The Hall–Kier alpha value is -3.74. The molecular formula is C21H19N7. The molecule has 0 saturated heterocycles. The predicted molar refractivity (Wildman–Crippen MR) is 110 cm³/mol. The van der Waals surface area contributed by atoms with E-state index in [-0.39, 0.29) is 6.04 Å². The van der Waals surface area contributed by atoms with Gasteiger partial charge in [-0.1, -0.05) is 6.07 Å². The SMILES string of the molecule is CC(Nc1nc(-c2ccncc2)nc2c1cnn2C)c1ccc2[nH]ccc2c1. The van der Waals surface area contributed by atoms with Crippen molar-refractivity contribution in [2.24, 2.45) is 7.05 Å². The van der Waals surface area contributed by atoms with Crippen LogP contribution in [0.15, 0.2) is 61.2 Å². The van der Waals surface area contributed by atoms with Crippen molar-refractivity contribution in [2.75, 3.05) is 5.32 Å². The number of benzene rings is 1. The second kappa shape index (κ2) is 6.45. The number of rotatable bonds is 4. The normalized spacial score (nSPS) is 12.5. The van der Waals surface area contributed by atoms with Gasteiger partial charge in [0.2, 0.25) is 0 Å². The third-order valence-electron chi connectivity index (χ3n) is 4.96. The number of hydrogen-bond donors (Lipinski definition) is 2. The topological polar surface area (TPSA) is 84.3 Å². The summed E-state index contributed by atoms with van der Waals surface area (Å²) in [6.45, 7) is 2.13. The molecular weight excluding hydrogens is 350 g/mol. The van der Waals surface area contributed by atoms with Crippen molar-refractivity contribution in [3.05, 3.63) is 66.7 Å². The fourth-order valence-electron chi connectivity index (χ4n) is 3.39. The number of pyridine rings is 1. The van der Waals surface area contributed by atoms with Crippen molar-refractivity contribution < 1.29 is 0 Å². The summed E-state index contributed by atoms with van der Waals surface area (Å²) in [5.74, 6) is 1.42. The molecule has 1 unspecified atom stereocenters. The van der Waals surface area contributed by atoms with Crippen molar-refractivity contribution >= 4 is 27.8 Å². The van der Waals surface area contributed by atoms with Gasteiger partial charge in [0, 0.05) is 42.8 Å². The first-order valence-electron chi connectivity index (χ1n) is 9.13. The minimum atomic E-state index is 0.0721. The van der Waals surface area contributed by atoms with E-state index in [1.54, 1.807) is 23.3 Å². The highest BCUT2D eigenvalue weighted by atomic mass is 15.3. The number of aryl methyl sites for hydroxylation is 1. The zero-order valence-electron chi connectivity index (χ0n) is 15.6. The van der Waals surface area contributed by atoms with Gasteiger partial charge < -0.3 is 10.3 Å². The van der Waals surface area contributed by atoms with E-state index in [9.17, 15) is 0 Å². The van der Waals surface area contributed by atoms with Crippen LogP contribution in [0.5, 0.6) is 0 Å². The average molecular weight is 369 g/mol. The first kappa shape index (κ1) is 16.4. The molecule has 1 atom stereocenters. The Balaban J connectivity index is 1.57. The van der Waals surface area contributed by atoms with Crippen molar-refractivity contribution in [1.82, 2.24) is 29.7 Å². The molecule has 0 saturated carbocycles. The van der Waals surface area contributed by atoms with Crippen LogP contribution in [-0.4, -0.2) is 29.7 Å². The van der Waals surface area contributed by atoms with Crippen LogP contribution < -0.4 is 5.32 Å². The highest BCUT2D eigenvalue weighted by Crippen LogP contribution is 2.28. The summed E-state index contributed by atoms with van der Waals surface area (Å²) in [5, 5.41) is 10.0. The van der Waals surface area contributed by atoms with Gasteiger partial charge in [0.1, 0.15) is 5.82 Å². The molecule has 7 nitrogen and oxygen atoms in total. The van der Waals surface area contributed by atoms with E-state index >= 15 is 0 Å². The maximum absolute atomic E-state index is 4.79. The number of nitrogens with one attached hydrogen (secondary N) is 2. The van der Waals surface area contributed by atoms with E-state index in [2.05, 4.69) is 51.6 Å². The smallest absolute Gasteiger partial charge is 0.164 e. The maximum atomic E-state index is 4.79. The quantitative estimate of drug-likeness (QED) is 0.499. The van der Waals surface area contributed by atoms with Gasteiger partial charge in [0.05, 0.1) is 11.6 Å². The summed E-state index contributed by atoms with van der Waals surface area (Å²) in [6, 6.07) is 12.4. The summed E-state index contributed by atoms with van der Waals surface area (Å²) in [5.41, 5.74) is 4.03. The molecule has 28 heavy (non-hydrogen) atoms. The standard InChI is InChI=1S/C21H19N7/c1-13(15-3-4-18-16(11-15)7-10-23-18)25-20-17-12-24-28(2)21(17)27-19(26-20)14-5-8-22-9-6-14/h3-13,23H,1-2H3,(H,25,26,27). The zero-order chi connectivity index (χ0) is 19.1. The lowest BCUT2D eigenvalue weighted by atomic mass is 10.1. The molecule has 5 aromatic rings. The number of aromatic amines is 1. The lowest BCUT2D eigenvalue weighted by molar-refractivity contribution is 0.785. The number of hydrogen-bond acceptors (Lipinski definition) is 5. The molecule has 0 spiro atoms. The monoisotopic (exact) mass is 369 g/mol. The Morgan fingerprint density at radius 2 is 1.93 bits per heavy atom. The molecule has 0 bridgehead atoms. The third kappa shape index (κ3) is 2.77. The van der Waals surface area contributed by atoms with Gasteiger partial charge in [-0.25, -0.2) is 9.97 Å². The Morgan fingerprint density at radius 1 is 1.07 bits per heavy atom.